The summed E-state index contributed by atoms with van der Waals surface area (Å²) in [5.74, 6) is -0.287. The van der Waals surface area contributed by atoms with E-state index in [2.05, 4.69) is 10.6 Å². The molecular weight excluding hydrogens is 370 g/mol. The molecule has 1 fully saturated rings. The van der Waals surface area contributed by atoms with Crippen LogP contribution in [0.5, 0.6) is 0 Å². The third-order valence-corrected chi connectivity index (χ3v) is 4.58. The maximum atomic E-state index is 12.2. The number of amides is 3. The summed E-state index contributed by atoms with van der Waals surface area (Å²) in [5, 5.41) is 5.48. The van der Waals surface area contributed by atoms with Crippen LogP contribution < -0.4 is 10.6 Å². The van der Waals surface area contributed by atoms with Gasteiger partial charge in [0, 0.05) is 25.2 Å². The number of piperidine rings is 1. The average Bonchev–Trinajstić information content (AvgIpc) is 2.65. The van der Waals surface area contributed by atoms with Crippen molar-refractivity contribution in [2.45, 2.75) is 52.2 Å². The van der Waals surface area contributed by atoms with Crippen LogP contribution in [-0.4, -0.2) is 54.1 Å². The topological polar surface area (TPSA) is 87.7 Å². The summed E-state index contributed by atoms with van der Waals surface area (Å²) < 4.78 is 5.12. The predicted octanol–water partition coefficient (Wildman–Crippen LogP) is 2.64. The van der Waals surface area contributed by atoms with Crippen molar-refractivity contribution in [2.75, 3.05) is 19.6 Å². The van der Waals surface area contributed by atoms with Crippen LogP contribution in [0, 0.1) is 6.92 Å². The van der Waals surface area contributed by atoms with Crippen LogP contribution in [0.4, 0.5) is 4.79 Å². The lowest BCUT2D eigenvalue weighted by atomic mass is 10.0. The van der Waals surface area contributed by atoms with Gasteiger partial charge in [0.1, 0.15) is 12.1 Å². The van der Waals surface area contributed by atoms with Gasteiger partial charge in [-0.25, -0.2) is 4.79 Å². The molecule has 3 amide bonds. The standard InChI is InChI=1S/C22H31N3O4/c1-16-7-5-6-8-17(16)9-10-19(26)24-18-11-13-25(14-12-18)20(27)15-23-21(28)29-22(2,3)4/h5-10,18H,11-15H2,1-4H3,(H,23,28)(H,24,26)/b10-9+. The molecule has 2 rings (SSSR count). The molecule has 7 nitrogen and oxygen atoms in total. The molecule has 0 aliphatic carbocycles. The van der Waals surface area contributed by atoms with Gasteiger partial charge in [-0.1, -0.05) is 24.3 Å². The van der Waals surface area contributed by atoms with Gasteiger partial charge in [0.05, 0.1) is 0 Å². The Morgan fingerprint density at radius 2 is 1.83 bits per heavy atom. The number of aryl methyl sites for hydroxylation is 1. The van der Waals surface area contributed by atoms with Crippen molar-refractivity contribution in [1.29, 1.82) is 0 Å². The first-order valence-corrected chi connectivity index (χ1v) is 9.93. The van der Waals surface area contributed by atoms with E-state index in [1.165, 1.54) is 0 Å². The van der Waals surface area contributed by atoms with E-state index in [9.17, 15) is 14.4 Å². The fourth-order valence-electron chi connectivity index (χ4n) is 3.04. The number of likely N-dealkylation sites (tertiary alicyclic amines) is 1. The molecule has 1 aliphatic rings. The highest BCUT2D eigenvalue weighted by molar-refractivity contribution is 5.92. The number of rotatable bonds is 5. The molecule has 0 unspecified atom stereocenters. The molecular formula is C22H31N3O4. The molecule has 1 saturated heterocycles. The first-order chi connectivity index (χ1) is 13.6. The summed E-state index contributed by atoms with van der Waals surface area (Å²) in [7, 11) is 0. The average molecular weight is 402 g/mol. The lowest BCUT2D eigenvalue weighted by Crippen LogP contribution is -2.49. The number of nitrogens with zero attached hydrogens (tertiary/aromatic N) is 1. The van der Waals surface area contributed by atoms with Gasteiger partial charge in [-0.2, -0.15) is 0 Å². The van der Waals surface area contributed by atoms with Crippen molar-refractivity contribution >= 4 is 24.0 Å². The lowest BCUT2D eigenvalue weighted by molar-refractivity contribution is -0.131. The molecule has 1 aromatic carbocycles. The highest BCUT2D eigenvalue weighted by Gasteiger charge is 2.24. The molecule has 1 aromatic rings. The normalized spacial score (nSPS) is 15.2. The number of benzene rings is 1. The number of ether oxygens (including phenoxy) is 1. The minimum atomic E-state index is -0.603. The summed E-state index contributed by atoms with van der Waals surface area (Å²) in [6.07, 6.45) is 4.12. The van der Waals surface area contributed by atoms with Gasteiger partial charge in [-0.15, -0.1) is 0 Å². The summed E-state index contributed by atoms with van der Waals surface area (Å²) in [6, 6.07) is 7.91. The van der Waals surface area contributed by atoms with Gasteiger partial charge >= 0.3 is 6.09 Å². The van der Waals surface area contributed by atoms with Crippen LogP contribution in [0.1, 0.15) is 44.7 Å². The fourth-order valence-corrected chi connectivity index (χ4v) is 3.04. The first-order valence-electron chi connectivity index (χ1n) is 9.93. The van der Waals surface area contributed by atoms with E-state index in [4.69, 9.17) is 4.74 Å². The second kappa shape index (κ2) is 10.1. The van der Waals surface area contributed by atoms with Gasteiger partial charge in [-0.3, -0.25) is 9.59 Å². The SMILES string of the molecule is Cc1ccccc1/C=C/C(=O)NC1CCN(C(=O)CNC(=O)OC(C)(C)C)CC1. The molecule has 0 bridgehead atoms. The van der Waals surface area contributed by atoms with Crippen molar-refractivity contribution < 1.29 is 19.1 Å². The second-order valence-electron chi connectivity index (χ2n) is 8.21. The van der Waals surface area contributed by atoms with E-state index < -0.39 is 11.7 Å². The maximum Gasteiger partial charge on any atom is 0.408 e. The van der Waals surface area contributed by atoms with Gasteiger partial charge in [0.15, 0.2) is 0 Å². The summed E-state index contributed by atoms with van der Waals surface area (Å²) in [6.45, 7) is 8.30. The van der Waals surface area contributed by atoms with E-state index in [1.807, 2.05) is 37.3 Å². The van der Waals surface area contributed by atoms with Crippen molar-refractivity contribution in [3.63, 3.8) is 0 Å². The largest absolute Gasteiger partial charge is 0.444 e. The maximum absolute atomic E-state index is 12.2. The number of nitrogens with one attached hydrogen (secondary N) is 2. The third-order valence-electron chi connectivity index (χ3n) is 4.58. The molecule has 7 heteroatoms. The van der Waals surface area contributed by atoms with Crippen LogP contribution in [0.2, 0.25) is 0 Å². The van der Waals surface area contributed by atoms with Crippen molar-refractivity contribution in [3.05, 3.63) is 41.5 Å². The van der Waals surface area contributed by atoms with Crippen LogP contribution >= 0.6 is 0 Å². The molecule has 0 radical (unpaired) electrons. The highest BCUT2D eigenvalue weighted by Crippen LogP contribution is 2.12. The molecule has 0 aromatic heterocycles. The monoisotopic (exact) mass is 401 g/mol. The van der Waals surface area contributed by atoms with Crippen molar-refractivity contribution in [2.24, 2.45) is 0 Å². The smallest absolute Gasteiger partial charge is 0.408 e. The molecule has 0 saturated carbocycles. The number of hydrogen-bond acceptors (Lipinski definition) is 4. The first kappa shape index (κ1) is 22.5. The van der Waals surface area contributed by atoms with Crippen LogP contribution in [0.25, 0.3) is 6.08 Å². The molecule has 1 aliphatic heterocycles. The zero-order chi connectivity index (χ0) is 21.4. The Morgan fingerprint density at radius 3 is 2.45 bits per heavy atom. The molecule has 1 heterocycles. The highest BCUT2D eigenvalue weighted by atomic mass is 16.6. The van der Waals surface area contributed by atoms with E-state index in [0.717, 1.165) is 11.1 Å². The second-order valence-corrected chi connectivity index (χ2v) is 8.21. The summed E-state index contributed by atoms with van der Waals surface area (Å²) in [4.78, 5) is 37.8. The third kappa shape index (κ3) is 7.97. The fraction of sp³-hybridized carbons (Fsp3) is 0.500. The summed E-state index contributed by atoms with van der Waals surface area (Å²) >= 11 is 0. The Kier molecular flexibility index (Phi) is 7.82. The van der Waals surface area contributed by atoms with Crippen molar-refractivity contribution in [3.8, 4) is 0 Å². The quantitative estimate of drug-likeness (QED) is 0.743. The number of carbonyl (C=O) groups is 3. The Balaban J connectivity index is 1.71. The van der Waals surface area contributed by atoms with Crippen LogP contribution in [0.3, 0.4) is 0 Å². The minimum Gasteiger partial charge on any atom is -0.444 e. The molecule has 2 N–H and O–H groups in total. The Morgan fingerprint density at radius 1 is 1.17 bits per heavy atom. The van der Waals surface area contributed by atoms with Crippen molar-refractivity contribution in [1.82, 2.24) is 15.5 Å². The van der Waals surface area contributed by atoms with E-state index in [1.54, 1.807) is 31.7 Å². The Bertz CT molecular complexity index is 760. The van der Waals surface area contributed by atoms with Gasteiger partial charge in [0.2, 0.25) is 11.8 Å². The Labute approximate surface area is 172 Å². The number of carbonyl (C=O) groups excluding carboxylic acids is 3. The zero-order valence-corrected chi connectivity index (χ0v) is 17.7. The number of hydrogen-bond donors (Lipinski definition) is 2. The summed E-state index contributed by atoms with van der Waals surface area (Å²) in [5.41, 5.74) is 1.53. The van der Waals surface area contributed by atoms with Gasteiger partial charge < -0.3 is 20.3 Å². The van der Waals surface area contributed by atoms with E-state index in [0.29, 0.717) is 25.9 Å². The lowest BCUT2D eigenvalue weighted by Gasteiger charge is -2.32. The molecule has 0 spiro atoms. The van der Waals surface area contributed by atoms with Crippen LogP contribution in [-0.2, 0) is 14.3 Å². The predicted molar refractivity (Wildman–Crippen MR) is 112 cm³/mol. The van der Waals surface area contributed by atoms with E-state index >= 15 is 0 Å². The van der Waals surface area contributed by atoms with Crippen LogP contribution in [0.15, 0.2) is 30.3 Å². The van der Waals surface area contributed by atoms with Gasteiger partial charge in [0.25, 0.3) is 0 Å². The minimum absolute atomic E-state index is 0.0342. The molecule has 29 heavy (non-hydrogen) atoms. The molecule has 0 atom stereocenters. The zero-order valence-electron chi connectivity index (χ0n) is 17.7. The molecule has 158 valence electrons. The van der Waals surface area contributed by atoms with E-state index in [-0.39, 0.29) is 24.4 Å². The Hall–Kier alpha value is -2.83. The van der Waals surface area contributed by atoms with Gasteiger partial charge in [-0.05, 0) is 57.7 Å². The number of alkyl carbamates (subject to hydrolysis) is 1.